The van der Waals surface area contributed by atoms with Gasteiger partial charge in [0.15, 0.2) is 5.82 Å². The number of aryl methyl sites for hydroxylation is 1. The molecule has 1 aromatic carbocycles. The van der Waals surface area contributed by atoms with Crippen LogP contribution in [0.25, 0.3) is 0 Å². The van der Waals surface area contributed by atoms with Gasteiger partial charge in [0.2, 0.25) is 5.91 Å². The molecule has 7 heteroatoms. The average molecular weight is 331 g/mol. The molecule has 1 heterocycles. The first-order valence-corrected chi connectivity index (χ1v) is 8.43. The molecule has 0 aliphatic heterocycles. The molecule has 3 rings (SSSR count). The number of halogens is 1. The second-order valence-corrected chi connectivity index (χ2v) is 6.45. The number of carbonyl (C=O) groups excluding carboxylic acids is 1. The van der Waals surface area contributed by atoms with E-state index in [1.165, 1.54) is 12.1 Å². The number of hydrogen-bond acceptors (Lipinski definition) is 4. The number of benzene rings is 1. The van der Waals surface area contributed by atoms with E-state index in [9.17, 15) is 9.18 Å². The second kappa shape index (κ2) is 7.51. The van der Waals surface area contributed by atoms with Crippen LogP contribution in [0.1, 0.15) is 49.9 Å². The van der Waals surface area contributed by atoms with E-state index < -0.39 is 0 Å². The van der Waals surface area contributed by atoms with Crippen molar-refractivity contribution in [3.05, 3.63) is 41.5 Å². The second-order valence-electron chi connectivity index (χ2n) is 6.45. The number of nitrogens with one attached hydrogen (secondary N) is 2. The first kappa shape index (κ1) is 16.5. The molecule has 1 saturated carbocycles. The Labute approximate surface area is 140 Å². The highest BCUT2D eigenvalue weighted by Gasteiger charge is 2.35. The molecule has 1 fully saturated rings. The Morgan fingerprint density at radius 2 is 2.00 bits per heavy atom. The SMILES string of the molecule is O=C(CCCc1nn[nH]n1)NCC1(c2ccc(F)cc2)CCCC1. The summed E-state index contributed by atoms with van der Waals surface area (Å²) in [5, 5.41) is 16.7. The monoisotopic (exact) mass is 331 g/mol. The average Bonchev–Trinajstić information content (AvgIpc) is 3.26. The van der Waals surface area contributed by atoms with Crippen LogP contribution in [-0.4, -0.2) is 33.1 Å². The molecule has 6 nitrogen and oxygen atoms in total. The Morgan fingerprint density at radius 3 is 2.67 bits per heavy atom. The standard InChI is InChI=1S/C17H22FN5O/c18-14-8-6-13(7-9-14)17(10-1-2-11-17)12-19-16(24)5-3-4-15-20-22-23-21-15/h6-9H,1-5,10-12H2,(H,19,24)(H,20,21,22,23). The molecule has 1 aliphatic carbocycles. The number of amides is 1. The molecule has 0 bridgehead atoms. The topological polar surface area (TPSA) is 83.6 Å². The van der Waals surface area contributed by atoms with Gasteiger partial charge in [-0.2, -0.15) is 5.21 Å². The summed E-state index contributed by atoms with van der Waals surface area (Å²) in [4.78, 5) is 12.1. The molecule has 24 heavy (non-hydrogen) atoms. The minimum atomic E-state index is -0.225. The molecule has 0 radical (unpaired) electrons. The van der Waals surface area contributed by atoms with Crippen molar-refractivity contribution in [3.8, 4) is 0 Å². The van der Waals surface area contributed by atoms with Crippen LogP contribution in [-0.2, 0) is 16.6 Å². The van der Waals surface area contributed by atoms with Crippen molar-refractivity contribution in [2.45, 2.75) is 50.4 Å². The number of H-pyrrole nitrogens is 1. The van der Waals surface area contributed by atoms with E-state index >= 15 is 0 Å². The number of aromatic amines is 1. The zero-order chi connectivity index (χ0) is 16.8. The molecular formula is C17H22FN5O. The summed E-state index contributed by atoms with van der Waals surface area (Å²) in [5.74, 6) is 0.436. The van der Waals surface area contributed by atoms with Gasteiger partial charge in [0.25, 0.3) is 0 Å². The van der Waals surface area contributed by atoms with Gasteiger partial charge < -0.3 is 5.32 Å². The summed E-state index contributed by atoms with van der Waals surface area (Å²) < 4.78 is 13.2. The number of tetrazole rings is 1. The van der Waals surface area contributed by atoms with Gasteiger partial charge in [-0.3, -0.25) is 4.79 Å². The van der Waals surface area contributed by atoms with Crippen LogP contribution in [0.4, 0.5) is 4.39 Å². The zero-order valence-electron chi connectivity index (χ0n) is 13.6. The van der Waals surface area contributed by atoms with Gasteiger partial charge in [0.1, 0.15) is 5.82 Å². The van der Waals surface area contributed by atoms with Crippen molar-refractivity contribution in [2.75, 3.05) is 6.54 Å². The lowest BCUT2D eigenvalue weighted by atomic mass is 9.79. The largest absolute Gasteiger partial charge is 0.355 e. The number of nitrogens with zero attached hydrogens (tertiary/aromatic N) is 3. The molecule has 2 aromatic rings. The summed E-state index contributed by atoms with van der Waals surface area (Å²) in [6, 6.07) is 6.70. The molecule has 2 N–H and O–H groups in total. The predicted molar refractivity (Wildman–Crippen MR) is 86.7 cm³/mol. The summed E-state index contributed by atoms with van der Waals surface area (Å²) >= 11 is 0. The molecule has 1 aliphatic rings. The van der Waals surface area contributed by atoms with Gasteiger partial charge in [-0.15, -0.1) is 10.2 Å². The molecule has 1 amide bonds. The fourth-order valence-corrected chi connectivity index (χ4v) is 3.47. The van der Waals surface area contributed by atoms with E-state index in [1.807, 2.05) is 12.1 Å². The van der Waals surface area contributed by atoms with Crippen molar-refractivity contribution < 1.29 is 9.18 Å². The maximum absolute atomic E-state index is 13.2. The lowest BCUT2D eigenvalue weighted by Crippen LogP contribution is -2.39. The molecule has 128 valence electrons. The summed E-state index contributed by atoms with van der Waals surface area (Å²) in [5.41, 5.74) is 1.06. The Morgan fingerprint density at radius 1 is 1.25 bits per heavy atom. The van der Waals surface area contributed by atoms with Crippen LogP contribution >= 0.6 is 0 Å². The fourth-order valence-electron chi connectivity index (χ4n) is 3.47. The van der Waals surface area contributed by atoms with Crippen molar-refractivity contribution in [2.24, 2.45) is 0 Å². The van der Waals surface area contributed by atoms with E-state index in [0.29, 0.717) is 31.6 Å². The number of aromatic nitrogens is 4. The Hall–Kier alpha value is -2.31. The van der Waals surface area contributed by atoms with E-state index in [1.54, 1.807) is 0 Å². The lowest BCUT2D eigenvalue weighted by molar-refractivity contribution is -0.121. The van der Waals surface area contributed by atoms with Crippen LogP contribution in [0.3, 0.4) is 0 Å². The van der Waals surface area contributed by atoms with E-state index in [2.05, 4.69) is 25.9 Å². The van der Waals surface area contributed by atoms with Crippen molar-refractivity contribution in [1.82, 2.24) is 25.9 Å². The Balaban J connectivity index is 1.52. The Kier molecular flexibility index (Phi) is 5.17. The van der Waals surface area contributed by atoms with E-state index in [0.717, 1.165) is 31.2 Å². The lowest BCUT2D eigenvalue weighted by Gasteiger charge is -2.30. The third-order valence-electron chi connectivity index (χ3n) is 4.83. The van der Waals surface area contributed by atoms with Gasteiger partial charge in [0.05, 0.1) is 0 Å². The molecule has 0 saturated heterocycles. The van der Waals surface area contributed by atoms with Crippen LogP contribution in [0, 0.1) is 5.82 Å². The van der Waals surface area contributed by atoms with E-state index in [-0.39, 0.29) is 17.1 Å². The van der Waals surface area contributed by atoms with Gasteiger partial charge >= 0.3 is 0 Å². The van der Waals surface area contributed by atoms with Crippen molar-refractivity contribution >= 4 is 5.91 Å². The van der Waals surface area contributed by atoms with Crippen LogP contribution in [0.5, 0.6) is 0 Å². The van der Waals surface area contributed by atoms with E-state index in [4.69, 9.17) is 0 Å². The first-order valence-electron chi connectivity index (χ1n) is 8.43. The maximum atomic E-state index is 13.2. The maximum Gasteiger partial charge on any atom is 0.220 e. The normalized spacial score (nSPS) is 16.2. The minimum absolute atomic E-state index is 0.0341. The zero-order valence-corrected chi connectivity index (χ0v) is 13.6. The molecule has 0 atom stereocenters. The number of rotatable bonds is 7. The highest BCUT2D eigenvalue weighted by atomic mass is 19.1. The fraction of sp³-hybridized carbons (Fsp3) is 0.529. The van der Waals surface area contributed by atoms with Gasteiger partial charge in [0, 0.05) is 24.8 Å². The highest BCUT2D eigenvalue weighted by Crippen LogP contribution is 2.40. The highest BCUT2D eigenvalue weighted by molar-refractivity contribution is 5.76. The minimum Gasteiger partial charge on any atom is -0.355 e. The smallest absolute Gasteiger partial charge is 0.220 e. The number of hydrogen-bond donors (Lipinski definition) is 2. The van der Waals surface area contributed by atoms with Gasteiger partial charge in [-0.1, -0.05) is 30.2 Å². The van der Waals surface area contributed by atoms with Gasteiger partial charge in [-0.25, -0.2) is 4.39 Å². The third kappa shape index (κ3) is 3.96. The number of carbonyl (C=O) groups is 1. The summed E-state index contributed by atoms with van der Waals surface area (Å²) in [7, 11) is 0. The van der Waals surface area contributed by atoms with Crippen LogP contribution in [0.15, 0.2) is 24.3 Å². The molecule has 0 unspecified atom stereocenters. The molecular weight excluding hydrogens is 309 g/mol. The summed E-state index contributed by atoms with van der Waals surface area (Å²) in [6.45, 7) is 0.611. The quantitative estimate of drug-likeness (QED) is 0.815. The molecule has 1 aromatic heterocycles. The Bertz CT molecular complexity index is 650. The first-order chi connectivity index (χ1) is 11.7. The third-order valence-corrected chi connectivity index (χ3v) is 4.83. The van der Waals surface area contributed by atoms with Crippen molar-refractivity contribution in [1.29, 1.82) is 0 Å². The van der Waals surface area contributed by atoms with Crippen LogP contribution in [0.2, 0.25) is 0 Å². The summed E-state index contributed by atoms with van der Waals surface area (Å²) in [6.07, 6.45) is 6.11. The van der Waals surface area contributed by atoms with Crippen molar-refractivity contribution in [3.63, 3.8) is 0 Å². The predicted octanol–water partition coefficient (Wildman–Crippen LogP) is 2.29. The van der Waals surface area contributed by atoms with Crippen LogP contribution < -0.4 is 5.32 Å². The molecule has 0 spiro atoms. The van der Waals surface area contributed by atoms with Gasteiger partial charge in [-0.05, 0) is 37.0 Å².